The minimum absolute atomic E-state index is 0.153. The van der Waals surface area contributed by atoms with Gasteiger partial charge in [-0.3, -0.25) is 0 Å². The fourth-order valence-corrected chi connectivity index (χ4v) is 3.76. The van der Waals surface area contributed by atoms with Crippen molar-refractivity contribution in [3.8, 4) is 17.9 Å². The second-order valence-corrected chi connectivity index (χ2v) is 7.35. The number of nitriles is 2. The highest BCUT2D eigenvalue weighted by Gasteiger charge is 2.29. The number of pyridine rings is 1. The van der Waals surface area contributed by atoms with E-state index in [0.29, 0.717) is 23.4 Å². The summed E-state index contributed by atoms with van der Waals surface area (Å²) in [5.41, 5.74) is 12.6. The SMILES string of the molecule is CC1=C(C#N)c2nc(N)c(C#N)c(C)c2/C1=C/c1ccc(OCc2ccccc2)cc1. The normalized spacial score (nSPS) is 13.6. The van der Waals surface area contributed by atoms with Crippen LogP contribution in [0.25, 0.3) is 17.2 Å². The van der Waals surface area contributed by atoms with Crippen molar-refractivity contribution < 1.29 is 4.74 Å². The van der Waals surface area contributed by atoms with E-state index in [-0.39, 0.29) is 5.82 Å². The number of aromatic nitrogens is 1. The van der Waals surface area contributed by atoms with Gasteiger partial charge in [-0.05, 0) is 59.9 Å². The summed E-state index contributed by atoms with van der Waals surface area (Å²) in [6.07, 6.45) is 2.01. The number of benzene rings is 2. The van der Waals surface area contributed by atoms with E-state index in [1.807, 2.05) is 74.5 Å². The second kappa shape index (κ2) is 8.18. The van der Waals surface area contributed by atoms with Crippen LogP contribution < -0.4 is 10.5 Å². The molecule has 2 N–H and O–H groups in total. The van der Waals surface area contributed by atoms with Gasteiger partial charge in [-0.25, -0.2) is 4.98 Å². The Bertz CT molecular complexity index is 1300. The molecule has 1 aliphatic carbocycles. The zero-order valence-corrected chi connectivity index (χ0v) is 17.3. The third-order valence-corrected chi connectivity index (χ3v) is 5.42. The summed E-state index contributed by atoms with van der Waals surface area (Å²) in [6.45, 7) is 4.24. The highest BCUT2D eigenvalue weighted by Crippen LogP contribution is 2.44. The molecule has 4 rings (SSSR count). The largest absolute Gasteiger partial charge is 0.489 e. The van der Waals surface area contributed by atoms with Crippen LogP contribution >= 0.6 is 0 Å². The highest BCUT2D eigenvalue weighted by atomic mass is 16.5. The first-order chi connectivity index (χ1) is 15.0. The van der Waals surface area contributed by atoms with Gasteiger partial charge in [0.15, 0.2) is 0 Å². The molecule has 150 valence electrons. The van der Waals surface area contributed by atoms with Crippen LogP contribution in [0.15, 0.2) is 60.2 Å². The monoisotopic (exact) mass is 404 g/mol. The molecular formula is C26H20N4O. The van der Waals surface area contributed by atoms with Crippen molar-refractivity contribution in [3.63, 3.8) is 0 Å². The molecule has 0 radical (unpaired) electrons. The number of ether oxygens (including phenoxy) is 1. The van der Waals surface area contributed by atoms with Crippen LogP contribution in [0.2, 0.25) is 0 Å². The zero-order chi connectivity index (χ0) is 22.0. The maximum atomic E-state index is 9.67. The van der Waals surface area contributed by atoms with Gasteiger partial charge in [0.1, 0.15) is 30.3 Å². The van der Waals surface area contributed by atoms with Crippen molar-refractivity contribution >= 4 is 23.0 Å². The third-order valence-electron chi connectivity index (χ3n) is 5.42. The molecule has 5 nitrogen and oxygen atoms in total. The second-order valence-electron chi connectivity index (χ2n) is 7.35. The third kappa shape index (κ3) is 3.66. The smallest absolute Gasteiger partial charge is 0.142 e. The predicted molar refractivity (Wildman–Crippen MR) is 121 cm³/mol. The van der Waals surface area contributed by atoms with Crippen molar-refractivity contribution in [2.24, 2.45) is 0 Å². The summed E-state index contributed by atoms with van der Waals surface area (Å²) in [6, 6.07) is 22.1. The average molecular weight is 404 g/mol. The number of nitrogens with two attached hydrogens (primary N) is 1. The lowest BCUT2D eigenvalue weighted by atomic mass is 9.95. The molecule has 3 aromatic rings. The van der Waals surface area contributed by atoms with Gasteiger partial charge in [0.05, 0.1) is 16.8 Å². The zero-order valence-electron chi connectivity index (χ0n) is 17.3. The molecule has 0 saturated carbocycles. The van der Waals surface area contributed by atoms with Gasteiger partial charge < -0.3 is 10.5 Å². The first-order valence-electron chi connectivity index (χ1n) is 9.84. The molecule has 0 fully saturated rings. The predicted octanol–water partition coefficient (Wildman–Crippen LogP) is 5.27. The molecule has 0 amide bonds. The van der Waals surface area contributed by atoms with Crippen molar-refractivity contribution in [2.45, 2.75) is 20.5 Å². The minimum atomic E-state index is 0.153. The van der Waals surface area contributed by atoms with Crippen LogP contribution in [0.1, 0.15) is 40.4 Å². The molecule has 0 saturated heterocycles. The fraction of sp³-hybridized carbons (Fsp3) is 0.115. The molecule has 0 atom stereocenters. The number of hydrogen-bond donors (Lipinski definition) is 1. The number of fused-ring (bicyclic) bond motifs is 1. The molecule has 31 heavy (non-hydrogen) atoms. The highest BCUT2D eigenvalue weighted by molar-refractivity contribution is 6.08. The summed E-state index contributed by atoms with van der Waals surface area (Å²) in [7, 11) is 0. The molecule has 2 aromatic carbocycles. The number of rotatable bonds is 4. The van der Waals surface area contributed by atoms with Crippen molar-refractivity contribution in [3.05, 3.63) is 93.7 Å². The molecular weight excluding hydrogens is 384 g/mol. The summed E-state index contributed by atoms with van der Waals surface area (Å²) in [4.78, 5) is 4.36. The van der Waals surface area contributed by atoms with Crippen molar-refractivity contribution in [1.82, 2.24) is 4.98 Å². The molecule has 0 unspecified atom stereocenters. The van der Waals surface area contributed by atoms with Gasteiger partial charge >= 0.3 is 0 Å². The fourth-order valence-electron chi connectivity index (χ4n) is 3.76. The van der Waals surface area contributed by atoms with Crippen LogP contribution in [-0.2, 0) is 6.61 Å². The maximum Gasteiger partial charge on any atom is 0.142 e. The van der Waals surface area contributed by atoms with E-state index in [2.05, 4.69) is 17.1 Å². The molecule has 1 aromatic heterocycles. The van der Waals surface area contributed by atoms with E-state index >= 15 is 0 Å². The number of nitrogens with zero attached hydrogens (tertiary/aromatic N) is 3. The Balaban J connectivity index is 1.67. The van der Waals surface area contributed by atoms with E-state index in [1.165, 1.54) is 0 Å². The van der Waals surface area contributed by atoms with Gasteiger partial charge in [-0.1, -0.05) is 42.5 Å². The molecule has 0 aliphatic heterocycles. The molecule has 5 heteroatoms. The maximum absolute atomic E-state index is 9.67. The lowest BCUT2D eigenvalue weighted by molar-refractivity contribution is 0.306. The van der Waals surface area contributed by atoms with Gasteiger partial charge in [0.25, 0.3) is 0 Å². The number of anilines is 1. The van der Waals surface area contributed by atoms with Crippen LogP contribution in [0.3, 0.4) is 0 Å². The Hall–Kier alpha value is -4.35. The van der Waals surface area contributed by atoms with E-state index in [0.717, 1.165) is 39.1 Å². The summed E-state index contributed by atoms with van der Waals surface area (Å²) in [5, 5.41) is 19.1. The summed E-state index contributed by atoms with van der Waals surface area (Å²) >= 11 is 0. The van der Waals surface area contributed by atoms with Gasteiger partial charge in [-0.2, -0.15) is 10.5 Å². The standard InChI is InChI=1S/C26H20N4O/c1-16-21(24-17(2)23(14-28)26(29)30-25(24)22(16)13-27)12-18-8-10-20(11-9-18)31-15-19-6-4-3-5-7-19/h3-12H,15H2,1-2H3,(H2,29,30)/b21-12+. The lowest BCUT2D eigenvalue weighted by Crippen LogP contribution is -2.03. The summed E-state index contributed by atoms with van der Waals surface area (Å²) in [5.74, 6) is 0.931. The van der Waals surface area contributed by atoms with Gasteiger partial charge in [0.2, 0.25) is 0 Å². The molecule has 1 aliphatic rings. The molecule has 1 heterocycles. The number of allylic oxidation sites excluding steroid dienone is 3. The van der Waals surface area contributed by atoms with Crippen LogP contribution in [-0.4, -0.2) is 4.98 Å². The average Bonchev–Trinajstić information content (AvgIpc) is 3.04. The van der Waals surface area contributed by atoms with E-state index in [1.54, 1.807) is 0 Å². The number of hydrogen-bond acceptors (Lipinski definition) is 5. The summed E-state index contributed by atoms with van der Waals surface area (Å²) < 4.78 is 5.86. The Kier molecular flexibility index (Phi) is 5.26. The Morgan fingerprint density at radius 3 is 2.35 bits per heavy atom. The van der Waals surface area contributed by atoms with Gasteiger partial charge in [0, 0.05) is 5.56 Å². The Morgan fingerprint density at radius 1 is 1.00 bits per heavy atom. The minimum Gasteiger partial charge on any atom is -0.489 e. The van der Waals surface area contributed by atoms with E-state index < -0.39 is 0 Å². The quantitative estimate of drug-likeness (QED) is 0.639. The Labute approximate surface area is 181 Å². The molecule has 0 bridgehead atoms. The number of nitrogen functional groups attached to an aromatic ring is 1. The van der Waals surface area contributed by atoms with Gasteiger partial charge in [-0.15, -0.1) is 0 Å². The van der Waals surface area contributed by atoms with Crippen LogP contribution in [0, 0.1) is 29.6 Å². The molecule has 0 spiro atoms. The topological polar surface area (TPSA) is 95.7 Å². The van der Waals surface area contributed by atoms with Crippen molar-refractivity contribution in [2.75, 3.05) is 5.73 Å². The first kappa shape index (κ1) is 19.9. The van der Waals surface area contributed by atoms with E-state index in [9.17, 15) is 10.5 Å². The first-order valence-corrected chi connectivity index (χ1v) is 9.84. The van der Waals surface area contributed by atoms with Crippen molar-refractivity contribution in [1.29, 1.82) is 10.5 Å². The lowest BCUT2D eigenvalue weighted by Gasteiger charge is -2.11. The van der Waals surface area contributed by atoms with E-state index in [4.69, 9.17) is 10.5 Å². The van der Waals surface area contributed by atoms with Crippen LogP contribution in [0.4, 0.5) is 5.82 Å². The van der Waals surface area contributed by atoms with Crippen LogP contribution in [0.5, 0.6) is 5.75 Å². The Morgan fingerprint density at radius 2 is 1.71 bits per heavy atom.